The third-order valence-electron chi connectivity index (χ3n) is 5.70. The molecule has 0 spiro atoms. The lowest BCUT2D eigenvalue weighted by molar-refractivity contribution is -0.126. The summed E-state index contributed by atoms with van der Waals surface area (Å²) < 4.78 is 5.40. The van der Waals surface area contributed by atoms with E-state index in [9.17, 15) is 9.90 Å². The fourth-order valence-electron chi connectivity index (χ4n) is 4.07. The zero-order valence-corrected chi connectivity index (χ0v) is 12.9. The van der Waals surface area contributed by atoms with E-state index in [1.54, 1.807) is 0 Å². The van der Waals surface area contributed by atoms with Crippen LogP contribution in [0.2, 0.25) is 0 Å². The van der Waals surface area contributed by atoms with Crippen molar-refractivity contribution in [3.05, 3.63) is 0 Å². The molecular formula is C16H28N2O3. The first kappa shape index (κ1) is 15.3. The zero-order valence-electron chi connectivity index (χ0n) is 12.9. The molecule has 3 aliphatic rings. The second-order valence-electron chi connectivity index (χ2n) is 7.03. The van der Waals surface area contributed by atoms with Crippen molar-refractivity contribution in [1.82, 2.24) is 10.6 Å². The predicted molar refractivity (Wildman–Crippen MR) is 79.9 cm³/mol. The zero-order chi connectivity index (χ0) is 14.9. The molecule has 0 radical (unpaired) electrons. The molecule has 2 heterocycles. The summed E-state index contributed by atoms with van der Waals surface area (Å²) in [6, 6.07) is 0.422. The van der Waals surface area contributed by atoms with Gasteiger partial charge in [-0.1, -0.05) is 12.8 Å². The topological polar surface area (TPSA) is 70.6 Å². The highest BCUT2D eigenvalue weighted by atomic mass is 16.5. The minimum Gasteiger partial charge on any atom is -0.385 e. The Morgan fingerprint density at radius 3 is 2.90 bits per heavy atom. The number of carbonyl (C=O) groups is 1. The second-order valence-corrected chi connectivity index (χ2v) is 7.03. The summed E-state index contributed by atoms with van der Waals surface area (Å²) in [5.41, 5.74) is -0.905. The first-order valence-electron chi connectivity index (χ1n) is 8.46. The Kier molecular flexibility index (Phi) is 4.52. The van der Waals surface area contributed by atoms with Crippen LogP contribution in [0, 0.1) is 5.92 Å². The number of aliphatic hydroxyl groups is 1. The standard InChI is InChI=1S/C16H28N2O3/c1-11-16(20,8-9-21-11)10-17-15(19)14-7-6-12-4-2-3-5-13(12)18-14/h11-14,18,20H,2-10H2,1H3,(H,17,19). The molecule has 1 amide bonds. The number of carbonyl (C=O) groups excluding carboxylic acids is 1. The fraction of sp³-hybridized carbons (Fsp3) is 0.938. The van der Waals surface area contributed by atoms with Crippen molar-refractivity contribution >= 4 is 5.91 Å². The molecule has 3 fully saturated rings. The maximum atomic E-state index is 12.4. The molecule has 5 unspecified atom stereocenters. The summed E-state index contributed by atoms with van der Waals surface area (Å²) in [6.07, 6.45) is 7.57. The van der Waals surface area contributed by atoms with Crippen molar-refractivity contribution in [3.63, 3.8) is 0 Å². The first-order chi connectivity index (χ1) is 10.1. The van der Waals surface area contributed by atoms with Crippen molar-refractivity contribution < 1.29 is 14.6 Å². The number of hydrogen-bond acceptors (Lipinski definition) is 4. The minimum absolute atomic E-state index is 0.0338. The van der Waals surface area contributed by atoms with Gasteiger partial charge >= 0.3 is 0 Å². The van der Waals surface area contributed by atoms with E-state index in [4.69, 9.17) is 4.74 Å². The van der Waals surface area contributed by atoms with E-state index in [2.05, 4.69) is 10.6 Å². The number of piperidine rings is 1. The molecule has 0 bridgehead atoms. The Morgan fingerprint density at radius 1 is 1.33 bits per heavy atom. The quantitative estimate of drug-likeness (QED) is 0.725. The Bertz CT molecular complexity index is 390. The summed E-state index contributed by atoms with van der Waals surface area (Å²) in [5.74, 6) is 0.793. The van der Waals surface area contributed by atoms with E-state index in [0.717, 1.165) is 18.8 Å². The maximum Gasteiger partial charge on any atom is 0.237 e. The van der Waals surface area contributed by atoms with Gasteiger partial charge in [0.1, 0.15) is 5.60 Å². The Morgan fingerprint density at radius 2 is 2.14 bits per heavy atom. The summed E-state index contributed by atoms with van der Waals surface area (Å²) in [4.78, 5) is 12.4. The highest BCUT2D eigenvalue weighted by molar-refractivity contribution is 5.82. The Labute approximate surface area is 126 Å². The number of nitrogens with one attached hydrogen (secondary N) is 2. The molecule has 0 aromatic rings. The van der Waals surface area contributed by atoms with Crippen molar-refractivity contribution in [3.8, 4) is 0 Å². The van der Waals surface area contributed by atoms with Gasteiger partial charge < -0.3 is 20.5 Å². The van der Waals surface area contributed by atoms with Crippen LogP contribution in [0.25, 0.3) is 0 Å². The molecular weight excluding hydrogens is 268 g/mol. The molecule has 2 aliphatic heterocycles. The van der Waals surface area contributed by atoms with Gasteiger partial charge in [0.25, 0.3) is 0 Å². The van der Waals surface area contributed by atoms with Crippen molar-refractivity contribution in [1.29, 1.82) is 0 Å². The molecule has 120 valence electrons. The van der Waals surface area contributed by atoms with Gasteiger partial charge in [-0.2, -0.15) is 0 Å². The summed E-state index contributed by atoms with van der Waals surface area (Å²) in [5, 5.41) is 16.9. The largest absolute Gasteiger partial charge is 0.385 e. The molecule has 3 rings (SSSR count). The van der Waals surface area contributed by atoms with Gasteiger partial charge in [0.2, 0.25) is 5.91 Å². The number of fused-ring (bicyclic) bond motifs is 1. The van der Waals surface area contributed by atoms with E-state index in [1.165, 1.54) is 25.7 Å². The molecule has 1 saturated carbocycles. The van der Waals surface area contributed by atoms with Gasteiger partial charge in [-0.3, -0.25) is 4.79 Å². The summed E-state index contributed by atoms with van der Waals surface area (Å²) in [7, 11) is 0. The molecule has 1 aliphatic carbocycles. The smallest absolute Gasteiger partial charge is 0.237 e. The third-order valence-corrected chi connectivity index (χ3v) is 5.70. The molecule has 0 aromatic carbocycles. The maximum absolute atomic E-state index is 12.4. The van der Waals surface area contributed by atoms with E-state index in [-0.39, 0.29) is 18.1 Å². The van der Waals surface area contributed by atoms with Crippen LogP contribution in [0.4, 0.5) is 0 Å². The molecule has 3 N–H and O–H groups in total. The van der Waals surface area contributed by atoms with Crippen LogP contribution < -0.4 is 10.6 Å². The molecule has 21 heavy (non-hydrogen) atoms. The average molecular weight is 296 g/mol. The van der Waals surface area contributed by atoms with E-state index in [0.29, 0.717) is 25.6 Å². The normalized spacial score (nSPS) is 43.3. The van der Waals surface area contributed by atoms with Crippen LogP contribution in [-0.4, -0.2) is 48.0 Å². The lowest BCUT2D eigenvalue weighted by atomic mass is 9.77. The van der Waals surface area contributed by atoms with Crippen molar-refractivity contribution in [2.45, 2.75) is 75.7 Å². The second kappa shape index (κ2) is 6.23. The van der Waals surface area contributed by atoms with Gasteiger partial charge in [-0.15, -0.1) is 0 Å². The highest BCUT2D eigenvalue weighted by Gasteiger charge is 2.41. The summed E-state index contributed by atoms with van der Waals surface area (Å²) in [6.45, 7) is 2.73. The van der Waals surface area contributed by atoms with Gasteiger partial charge in [0.05, 0.1) is 12.1 Å². The van der Waals surface area contributed by atoms with Crippen LogP contribution in [-0.2, 0) is 9.53 Å². The van der Waals surface area contributed by atoms with E-state index >= 15 is 0 Å². The lowest BCUT2D eigenvalue weighted by Crippen LogP contribution is -2.57. The van der Waals surface area contributed by atoms with Crippen LogP contribution in [0.1, 0.15) is 51.9 Å². The predicted octanol–water partition coefficient (Wildman–Crippen LogP) is 0.953. The van der Waals surface area contributed by atoms with Gasteiger partial charge in [-0.25, -0.2) is 0 Å². The number of ether oxygens (including phenoxy) is 1. The third kappa shape index (κ3) is 3.25. The Hall–Kier alpha value is -0.650. The van der Waals surface area contributed by atoms with Crippen molar-refractivity contribution in [2.75, 3.05) is 13.2 Å². The minimum atomic E-state index is -0.905. The van der Waals surface area contributed by atoms with Crippen LogP contribution in [0.5, 0.6) is 0 Å². The van der Waals surface area contributed by atoms with Crippen LogP contribution in [0.3, 0.4) is 0 Å². The summed E-state index contributed by atoms with van der Waals surface area (Å²) >= 11 is 0. The molecule has 5 heteroatoms. The number of amides is 1. The monoisotopic (exact) mass is 296 g/mol. The van der Waals surface area contributed by atoms with Gasteiger partial charge in [-0.05, 0) is 38.5 Å². The van der Waals surface area contributed by atoms with E-state index in [1.807, 2.05) is 6.92 Å². The van der Waals surface area contributed by atoms with E-state index < -0.39 is 5.60 Å². The van der Waals surface area contributed by atoms with Gasteiger partial charge in [0.15, 0.2) is 0 Å². The number of hydrogen-bond donors (Lipinski definition) is 3. The molecule has 0 aromatic heterocycles. The fourth-order valence-corrected chi connectivity index (χ4v) is 4.07. The lowest BCUT2D eigenvalue weighted by Gasteiger charge is -2.40. The van der Waals surface area contributed by atoms with Crippen LogP contribution >= 0.6 is 0 Å². The molecule has 5 nitrogen and oxygen atoms in total. The number of rotatable bonds is 3. The first-order valence-corrected chi connectivity index (χ1v) is 8.46. The van der Waals surface area contributed by atoms with Crippen molar-refractivity contribution in [2.24, 2.45) is 5.92 Å². The average Bonchev–Trinajstić information content (AvgIpc) is 2.84. The molecule has 5 atom stereocenters. The molecule has 2 saturated heterocycles. The Balaban J connectivity index is 1.49. The van der Waals surface area contributed by atoms with Crippen LogP contribution in [0.15, 0.2) is 0 Å². The van der Waals surface area contributed by atoms with Gasteiger partial charge in [0, 0.05) is 25.6 Å². The highest BCUT2D eigenvalue weighted by Crippen LogP contribution is 2.32. The SMILES string of the molecule is CC1OCCC1(O)CNC(=O)C1CCC2CCCCC2N1.